The molecule has 1 heterocycles. The molecule has 154 valence electrons. The van der Waals surface area contributed by atoms with Crippen LogP contribution in [0.3, 0.4) is 0 Å². The summed E-state index contributed by atoms with van der Waals surface area (Å²) in [7, 11) is 2.09. The minimum Gasteiger partial charge on any atom is -0.369 e. The quantitative estimate of drug-likeness (QED) is 0.720. The van der Waals surface area contributed by atoms with Crippen molar-refractivity contribution in [3.63, 3.8) is 0 Å². The van der Waals surface area contributed by atoms with Gasteiger partial charge in [0.15, 0.2) is 0 Å². The molecule has 0 bridgehead atoms. The third kappa shape index (κ3) is 5.74. The van der Waals surface area contributed by atoms with E-state index in [0.29, 0.717) is 5.69 Å². The Morgan fingerprint density at radius 2 is 1.72 bits per heavy atom. The average molecular weight is 424 g/mol. The fraction of sp³-hybridized carbons (Fsp3) is 0.286. The fourth-order valence-corrected chi connectivity index (χ4v) is 3.26. The van der Waals surface area contributed by atoms with E-state index in [4.69, 9.17) is 11.6 Å². The van der Waals surface area contributed by atoms with Crippen LogP contribution in [0, 0.1) is 0 Å². The first kappa shape index (κ1) is 21.2. The number of anilines is 2. The molecule has 2 aromatic carbocycles. The Hall–Kier alpha value is -2.51. The molecule has 0 atom stereocenters. The number of nitrogens with zero attached hydrogens (tertiary/aromatic N) is 2. The van der Waals surface area contributed by atoms with Gasteiger partial charge in [-0.05, 0) is 55.1 Å². The molecule has 0 aromatic heterocycles. The van der Waals surface area contributed by atoms with Gasteiger partial charge >= 0.3 is 6.18 Å². The summed E-state index contributed by atoms with van der Waals surface area (Å²) in [5.74, 6) is -0.430. The highest BCUT2D eigenvalue weighted by molar-refractivity contribution is 6.31. The predicted octanol–water partition coefficient (Wildman–Crippen LogP) is 4.76. The molecule has 1 aliphatic heterocycles. The molecule has 0 saturated carbocycles. The van der Waals surface area contributed by atoms with Gasteiger partial charge in [-0.15, -0.1) is 0 Å². The van der Waals surface area contributed by atoms with Crippen molar-refractivity contribution in [1.82, 2.24) is 4.90 Å². The topological polar surface area (TPSA) is 35.6 Å². The van der Waals surface area contributed by atoms with Crippen LogP contribution in [0.2, 0.25) is 5.02 Å². The summed E-state index contributed by atoms with van der Waals surface area (Å²) >= 11 is 5.60. The van der Waals surface area contributed by atoms with Gasteiger partial charge in [-0.2, -0.15) is 13.2 Å². The third-order valence-electron chi connectivity index (χ3n) is 4.73. The van der Waals surface area contributed by atoms with E-state index in [1.165, 1.54) is 24.3 Å². The molecule has 0 spiro atoms. The Morgan fingerprint density at radius 3 is 2.34 bits per heavy atom. The van der Waals surface area contributed by atoms with Crippen LogP contribution in [0.4, 0.5) is 24.5 Å². The Labute approximate surface area is 172 Å². The molecule has 4 nitrogen and oxygen atoms in total. The molecular formula is C21H21ClF3N3O. The maximum absolute atomic E-state index is 12.9. The maximum Gasteiger partial charge on any atom is 0.417 e. The molecule has 1 saturated heterocycles. The standard InChI is InChI=1S/C21H21ClF3N3O/c1-27-10-12-28(13-11-27)17-6-4-16(5-7-17)26-20(29)9-3-15-2-8-19(22)18(14-15)21(23,24)25/h2-9,14H,10-13H2,1H3,(H,26,29). The van der Waals surface area contributed by atoms with E-state index in [9.17, 15) is 18.0 Å². The molecule has 0 unspecified atom stereocenters. The first-order valence-corrected chi connectivity index (χ1v) is 9.49. The van der Waals surface area contributed by atoms with Crippen molar-refractivity contribution < 1.29 is 18.0 Å². The van der Waals surface area contributed by atoms with Gasteiger partial charge in [-0.1, -0.05) is 17.7 Å². The van der Waals surface area contributed by atoms with Crippen molar-refractivity contribution in [3.8, 4) is 0 Å². The molecule has 29 heavy (non-hydrogen) atoms. The number of alkyl halides is 3. The number of piperazine rings is 1. The normalized spacial score (nSPS) is 15.7. The van der Waals surface area contributed by atoms with Gasteiger partial charge in [-0.25, -0.2) is 0 Å². The lowest BCUT2D eigenvalue weighted by Gasteiger charge is -2.34. The number of amides is 1. The van der Waals surface area contributed by atoms with Gasteiger partial charge in [0.25, 0.3) is 0 Å². The van der Waals surface area contributed by atoms with Crippen molar-refractivity contribution in [2.24, 2.45) is 0 Å². The second-order valence-electron chi connectivity index (χ2n) is 6.90. The lowest BCUT2D eigenvalue weighted by molar-refractivity contribution is -0.137. The van der Waals surface area contributed by atoms with Crippen LogP contribution in [-0.2, 0) is 11.0 Å². The molecule has 1 amide bonds. The molecule has 3 rings (SSSR count). The van der Waals surface area contributed by atoms with E-state index in [-0.39, 0.29) is 10.6 Å². The number of hydrogen-bond donors (Lipinski definition) is 1. The summed E-state index contributed by atoms with van der Waals surface area (Å²) < 4.78 is 38.7. The van der Waals surface area contributed by atoms with Crippen molar-refractivity contribution in [3.05, 3.63) is 64.7 Å². The first-order valence-electron chi connectivity index (χ1n) is 9.12. The van der Waals surface area contributed by atoms with Gasteiger partial charge in [0.05, 0.1) is 10.6 Å². The van der Waals surface area contributed by atoms with Crippen LogP contribution < -0.4 is 10.2 Å². The smallest absolute Gasteiger partial charge is 0.369 e. The molecule has 1 aliphatic rings. The highest BCUT2D eigenvalue weighted by Crippen LogP contribution is 2.35. The van der Waals surface area contributed by atoms with Gasteiger partial charge in [0.2, 0.25) is 5.91 Å². The minimum atomic E-state index is -4.55. The predicted molar refractivity (Wildman–Crippen MR) is 110 cm³/mol. The van der Waals surface area contributed by atoms with Crippen LogP contribution in [0.5, 0.6) is 0 Å². The molecule has 2 aromatic rings. The zero-order valence-corrected chi connectivity index (χ0v) is 16.6. The van der Waals surface area contributed by atoms with Crippen LogP contribution in [0.25, 0.3) is 6.08 Å². The van der Waals surface area contributed by atoms with Crippen molar-refractivity contribution in [2.75, 3.05) is 43.4 Å². The Morgan fingerprint density at radius 1 is 1.07 bits per heavy atom. The fourth-order valence-electron chi connectivity index (χ4n) is 3.04. The lowest BCUT2D eigenvalue weighted by Crippen LogP contribution is -2.44. The zero-order chi connectivity index (χ0) is 21.0. The average Bonchev–Trinajstić information content (AvgIpc) is 2.68. The largest absolute Gasteiger partial charge is 0.417 e. The summed E-state index contributed by atoms with van der Waals surface area (Å²) in [6, 6.07) is 11.0. The number of likely N-dealkylation sites (N-methyl/N-ethyl adjacent to an activating group) is 1. The number of halogens is 4. The summed E-state index contributed by atoms with van der Waals surface area (Å²) in [6.45, 7) is 3.91. The van der Waals surface area contributed by atoms with Crippen LogP contribution in [0.15, 0.2) is 48.5 Å². The number of carbonyl (C=O) groups is 1. The highest BCUT2D eigenvalue weighted by Gasteiger charge is 2.33. The van der Waals surface area contributed by atoms with Gasteiger partial charge in [0, 0.05) is 43.6 Å². The van der Waals surface area contributed by atoms with E-state index < -0.39 is 17.6 Å². The number of nitrogens with one attached hydrogen (secondary N) is 1. The maximum atomic E-state index is 12.9. The summed E-state index contributed by atoms with van der Waals surface area (Å²) in [4.78, 5) is 16.7. The van der Waals surface area contributed by atoms with Gasteiger partial charge < -0.3 is 15.1 Å². The summed E-state index contributed by atoms with van der Waals surface area (Å²) in [5.41, 5.74) is 1.01. The highest BCUT2D eigenvalue weighted by atomic mass is 35.5. The van der Waals surface area contributed by atoms with Crippen molar-refractivity contribution >= 4 is 35.0 Å². The van der Waals surface area contributed by atoms with Gasteiger partial charge in [-0.3, -0.25) is 4.79 Å². The van der Waals surface area contributed by atoms with Crippen LogP contribution >= 0.6 is 11.6 Å². The summed E-state index contributed by atoms with van der Waals surface area (Å²) in [5, 5.41) is 2.33. The second-order valence-corrected chi connectivity index (χ2v) is 7.30. The monoisotopic (exact) mass is 423 g/mol. The number of benzene rings is 2. The van der Waals surface area contributed by atoms with Crippen molar-refractivity contribution in [1.29, 1.82) is 0 Å². The van der Waals surface area contributed by atoms with E-state index in [2.05, 4.69) is 22.2 Å². The van der Waals surface area contributed by atoms with Crippen molar-refractivity contribution in [2.45, 2.75) is 6.18 Å². The number of carbonyl (C=O) groups excluding carboxylic acids is 1. The van der Waals surface area contributed by atoms with E-state index in [1.54, 1.807) is 0 Å². The summed E-state index contributed by atoms with van der Waals surface area (Å²) in [6.07, 6.45) is -2.04. The zero-order valence-electron chi connectivity index (χ0n) is 15.8. The van der Waals surface area contributed by atoms with E-state index >= 15 is 0 Å². The third-order valence-corrected chi connectivity index (χ3v) is 5.06. The molecule has 0 aliphatic carbocycles. The SMILES string of the molecule is CN1CCN(c2ccc(NC(=O)C=Cc3ccc(Cl)c(C(F)(F)F)c3)cc2)CC1. The molecule has 1 fully saturated rings. The minimum absolute atomic E-state index is 0.238. The van der Waals surface area contributed by atoms with E-state index in [0.717, 1.165) is 37.9 Å². The Balaban J connectivity index is 1.61. The van der Waals surface area contributed by atoms with E-state index in [1.807, 2.05) is 24.3 Å². The number of rotatable bonds is 4. The Kier molecular flexibility index (Phi) is 6.49. The molecule has 0 radical (unpaired) electrons. The van der Waals surface area contributed by atoms with Crippen LogP contribution in [-0.4, -0.2) is 44.0 Å². The molecule has 8 heteroatoms. The number of hydrogen-bond acceptors (Lipinski definition) is 3. The molecule has 1 N–H and O–H groups in total. The van der Waals surface area contributed by atoms with Crippen LogP contribution in [0.1, 0.15) is 11.1 Å². The molecular weight excluding hydrogens is 403 g/mol. The van der Waals surface area contributed by atoms with Gasteiger partial charge in [0.1, 0.15) is 0 Å². The first-order chi connectivity index (χ1) is 13.7. The lowest BCUT2D eigenvalue weighted by atomic mass is 10.1. The Bertz CT molecular complexity index is 889. The second kappa shape index (κ2) is 8.88.